The maximum absolute atomic E-state index is 14.8. The smallest absolute Gasteiger partial charge is 0.354 e. The second kappa shape index (κ2) is 30.3. The van der Waals surface area contributed by atoms with Crippen molar-refractivity contribution in [3.8, 4) is 68.9 Å². The van der Waals surface area contributed by atoms with Crippen LogP contribution in [-0.4, -0.2) is 67.7 Å². The van der Waals surface area contributed by atoms with Gasteiger partial charge in [-0.1, -0.05) is 108 Å². The minimum Gasteiger partial charge on any atom is -0.354 e. The molecule has 6 aromatic heterocycles. The van der Waals surface area contributed by atoms with Gasteiger partial charge >= 0.3 is 22.2 Å². The van der Waals surface area contributed by atoms with Crippen LogP contribution in [0.4, 0.5) is 25.9 Å². The average molecular weight is 1500 g/mol. The van der Waals surface area contributed by atoms with E-state index in [9.17, 15) is 25.9 Å². The van der Waals surface area contributed by atoms with Crippen LogP contribution in [0.5, 0.6) is 0 Å². The van der Waals surface area contributed by atoms with Crippen molar-refractivity contribution in [1.82, 2.24) is 28.4 Å². The van der Waals surface area contributed by atoms with E-state index in [1.807, 2.05) is 190 Å². The van der Waals surface area contributed by atoms with E-state index in [-0.39, 0.29) is 0 Å². The van der Waals surface area contributed by atoms with Gasteiger partial charge in [0.1, 0.15) is 0 Å². The molecule has 12 aromatic rings. The molecule has 10 heterocycles. The monoisotopic (exact) mass is 1500 g/mol. The fraction of sp³-hybridized carbons (Fsp3) is 0.125. The van der Waals surface area contributed by atoms with Gasteiger partial charge in [-0.15, -0.1) is 0 Å². The first-order valence-electron chi connectivity index (χ1n) is 37.6. The molecule has 0 aliphatic carbocycles. The van der Waals surface area contributed by atoms with Crippen LogP contribution in [0.15, 0.2) is 255 Å². The molecule has 6 aromatic carbocycles. The fourth-order valence-corrected chi connectivity index (χ4v) is 16.2. The minimum absolute atomic E-state index is 0.435. The number of aromatic nitrogens is 6. The summed E-state index contributed by atoms with van der Waals surface area (Å²) in [7, 11) is -8.22. The molecule has 114 heavy (non-hydrogen) atoms. The van der Waals surface area contributed by atoms with Crippen LogP contribution in [0, 0.1) is 77.1 Å². The highest BCUT2D eigenvalue weighted by atomic mass is 19.2. The lowest BCUT2D eigenvalue weighted by atomic mass is 9.94. The van der Waals surface area contributed by atoms with Gasteiger partial charge in [0, 0.05) is 140 Å². The quantitative estimate of drug-likeness (QED) is 0.0711. The van der Waals surface area contributed by atoms with Crippen molar-refractivity contribution >= 4 is 90.3 Å². The SMILES string of the molecule is CC1=CC(C)=N/C1=C(/c1ccc(C#Cc2ccc(-c3c4nc(c(-c5ccc(C#Cc6ccc(/C(=C7/N=C(C)C=C7C)c7c(C)cc(C)n7B(F)F)cc6)cc5)c5ccc([nH]5)c(-c5ccc(C#Cc6ccc(/C(=C7/N=C(C)C=C7C)c7c(C)cc(C)n7B(F)F)cc6)cc5)c5ccc3[nH]5)C=C4)cc2)cc1)c1c(C)cc(C)n1B(F)F. The zero-order chi connectivity index (χ0) is 79.7. The number of aromatic amines is 2. The summed E-state index contributed by atoms with van der Waals surface area (Å²) in [6.45, 7) is 22.2. The molecule has 0 saturated heterocycles. The lowest BCUT2D eigenvalue weighted by Crippen LogP contribution is -2.18. The van der Waals surface area contributed by atoms with Gasteiger partial charge in [-0.05, 0) is 296 Å². The highest BCUT2D eigenvalue weighted by molar-refractivity contribution is 6.42. The molecule has 0 atom stereocenters. The number of rotatable bonds is 12. The Kier molecular flexibility index (Phi) is 19.8. The topological polar surface area (TPSA) is 96.3 Å². The van der Waals surface area contributed by atoms with Crippen molar-refractivity contribution < 1.29 is 25.9 Å². The first kappa shape index (κ1) is 74.6. The van der Waals surface area contributed by atoms with Crippen LogP contribution in [0.1, 0.15) is 154 Å². The van der Waals surface area contributed by atoms with Crippen molar-refractivity contribution in [1.29, 1.82) is 0 Å². The molecule has 0 amide bonds. The van der Waals surface area contributed by atoms with Crippen molar-refractivity contribution in [2.75, 3.05) is 0 Å². The van der Waals surface area contributed by atoms with Gasteiger partial charge in [-0.2, -0.15) is 0 Å². The highest BCUT2D eigenvalue weighted by Gasteiger charge is 2.33. The van der Waals surface area contributed by atoms with Crippen LogP contribution in [-0.2, 0) is 0 Å². The molecule has 16 rings (SSSR count). The van der Waals surface area contributed by atoms with Crippen molar-refractivity contribution in [3.05, 3.63) is 352 Å². The molecule has 0 saturated carbocycles. The van der Waals surface area contributed by atoms with Gasteiger partial charge < -0.3 is 23.4 Å². The Hall–Kier alpha value is -13.5. The van der Waals surface area contributed by atoms with Gasteiger partial charge in [-0.3, -0.25) is 40.9 Å². The van der Waals surface area contributed by atoms with E-state index in [0.29, 0.717) is 68.0 Å². The van der Waals surface area contributed by atoms with Gasteiger partial charge in [0.2, 0.25) is 0 Å². The normalized spacial score (nSPS) is 14.6. The first-order chi connectivity index (χ1) is 54.9. The summed E-state index contributed by atoms with van der Waals surface area (Å²) >= 11 is 0. The molecule has 6 bridgehead atoms. The van der Waals surface area contributed by atoms with Crippen LogP contribution < -0.4 is 0 Å². The number of hydrogen-bond acceptors (Lipinski definition) is 4. The van der Waals surface area contributed by atoms with E-state index in [2.05, 4.69) is 118 Å². The van der Waals surface area contributed by atoms with Crippen LogP contribution >= 0.6 is 0 Å². The number of nitrogens with one attached hydrogen (secondary N) is 2. The van der Waals surface area contributed by atoms with Crippen LogP contribution in [0.2, 0.25) is 0 Å². The number of hydrogen-bond donors (Lipinski definition) is 2. The van der Waals surface area contributed by atoms with Crippen molar-refractivity contribution in [3.63, 3.8) is 0 Å². The molecular formula is C96H74B3F6N9. The second-order valence-corrected chi connectivity index (χ2v) is 29.4. The molecular weight excluding hydrogens is 1430 g/mol. The summed E-state index contributed by atoms with van der Waals surface area (Å²) < 4.78 is 92.0. The summed E-state index contributed by atoms with van der Waals surface area (Å²) in [5, 5.41) is 0. The van der Waals surface area contributed by atoms with E-state index in [0.717, 1.165) is 181 Å². The number of allylic oxidation sites excluding steroid dienone is 6. The Bertz CT molecular complexity index is 6370. The number of H-pyrrole nitrogens is 2. The standard InChI is InChI=1S/C96H74B3F6N9/c1-55-49-61(7)106-91(55)88(94-58(4)52-64(10)112(94)97(100)101)76-37-25-70(26-38-76)16-13-67-19-31-73(32-20-67)85-79-43-45-81(109-79)86(74-33-21-68(22-34-74)14-17-71-27-39-77(40-28-71)89(92-56(2)50-62(8)107-92)95-59(5)53-65(11)113(95)98(102)103)83-47-48-84(111-83)87(82-46-44-80(85)110-82)75-35-23-69(24-36-75)15-18-72-29-41-78(42-30-72)90(93-57(3)51-63(9)108-93)96-60(6)54-66(12)114(96)99(104)105/h19-54,109-110H,1-12H3/b85-79?,85-80?,86-81?,86-83?,87-82?,87-84?,91-88-,92-89-,93-90-. The molecule has 9 nitrogen and oxygen atoms in total. The predicted octanol–water partition coefficient (Wildman–Crippen LogP) is 23.0. The highest BCUT2D eigenvalue weighted by Crippen LogP contribution is 2.43. The first-order valence-corrected chi connectivity index (χ1v) is 37.6. The Morgan fingerprint density at radius 1 is 0.307 bits per heavy atom. The minimum atomic E-state index is -2.74. The third kappa shape index (κ3) is 14.2. The summed E-state index contributed by atoms with van der Waals surface area (Å²) in [6, 6.07) is 61.2. The van der Waals surface area contributed by atoms with E-state index in [1.165, 1.54) is 0 Å². The molecule has 2 N–H and O–H groups in total. The largest absolute Gasteiger partial charge is 0.677 e. The Morgan fingerprint density at radius 3 is 0.781 bits per heavy atom. The Labute approximate surface area is 660 Å². The van der Waals surface area contributed by atoms with E-state index in [4.69, 9.17) is 20.0 Å². The second-order valence-electron chi connectivity index (χ2n) is 29.4. The maximum atomic E-state index is 14.8. The lowest BCUT2D eigenvalue weighted by molar-refractivity contribution is 0.622. The molecule has 0 fully saturated rings. The summed E-state index contributed by atoms with van der Waals surface area (Å²) in [4.78, 5) is 27.6. The molecule has 554 valence electrons. The number of halogens is 6. The summed E-state index contributed by atoms with van der Waals surface area (Å²) in [5.41, 5.74) is 31.0. The van der Waals surface area contributed by atoms with Crippen LogP contribution in [0.3, 0.4) is 0 Å². The number of aliphatic imine (C=N–C) groups is 3. The Morgan fingerprint density at radius 2 is 0.544 bits per heavy atom. The summed E-state index contributed by atoms with van der Waals surface area (Å²) in [5.74, 6) is 20.2. The van der Waals surface area contributed by atoms with Crippen molar-refractivity contribution in [2.45, 2.75) is 83.1 Å². The zero-order valence-electron chi connectivity index (χ0n) is 64.9. The third-order valence-corrected chi connectivity index (χ3v) is 21.2. The van der Waals surface area contributed by atoms with Gasteiger partial charge in [0.15, 0.2) is 0 Å². The van der Waals surface area contributed by atoms with Crippen molar-refractivity contribution in [2.24, 2.45) is 15.0 Å². The average Bonchev–Trinajstić information content (AvgIpc) is 1.63. The maximum Gasteiger partial charge on any atom is 0.677 e. The molecule has 0 spiro atoms. The third-order valence-electron chi connectivity index (χ3n) is 21.2. The fourth-order valence-electron chi connectivity index (χ4n) is 16.2. The van der Waals surface area contributed by atoms with E-state index in [1.54, 1.807) is 39.0 Å². The summed E-state index contributed by atoms with van der Waals surface area (Å²) in [6.07, 6.45) is 10.0. The lowest BCUT2D eigenvalue weighted by Gasteiger charge is -2.16. The molecule has 4 aliphatic rings. The molecule has 18 heteroatoms. The molecule has 4 aliphatic heterocycles. The number of fused-ring (bicyclic) bond motifs is 6. The number of benzene rings is 6. The van der Waals surface area contributed by atoms with Gasteiger partial charge in [0.05, 0.1) is 28.5 Å². The predicted molar refractivity (Wildman–Crippen MR) is 459 cm³/mol. The number of aryl methyl sites for hydroxylation is 6. The van der Waals surface area contributed by atoms with Gasteiger partial charge in [-0.25, -0.2) is 4.98 Å². The van der Waals surface area contributed by atoms with Crippen LogP contribution in [0.25, 0.3) is 84.3 Å². The number of nitrogens with zero attached hydrogens (tertiary/aromatic N) is 7. The Balaban J connectivity index is 0.750. The molecule has 0 radical (unpaired) electrons. The molecule has 0 unspecified atom stereocenters. The zero-order valence-corrected chi connectivity index (χ0v) is 64.9. The van der Waals surface area contributed by atoms with E-state index < -0.39 is 22.2 Å². The van der Waals surface area contributed by atoms with Gasteiger partial charge in [0.25, 0.3) is 0 Å². The van der Waals surface area contributed by atoms with E-state index >= 15 is 0 Å².